The van der Waals surface area contributed by atoms with Crippen molar-refractivity contribution in [2.24, 2.45) is 0 Å². The predicted octanol–water partition coefficient (Wildman–Crippen LogP) is 14.9. The van der Waals surface area contributed by atoms with E-state index in [1.807, 2.05) is 0 Å². The van der Waals surface area contributed by atoms with Gasteiger partial charge in [0.15, 0.2) is 0 Å². The molecule has 1 saturated carbocycles. The van der Waals surface area contributed by atoms with Gasteiger partial charge in [-0.25, -0.2) is 28.0 Å². The average Bonchev–Trinajstić information content (AvgIpc) is 3.95. The van der Waals surface area contributed by atoms with E-state index in [9.17, 15) is 59.4 Å². The van der Waals surface area contributed by atoms with Crippen molar-refractivity contribution in [2.45, 2.75) is 58.3 Å². The smallest absolute Gasteiger partial charge is 0.418 e. The molecule has 0 aliphatic heterocycles. The highest BCUT2D eigenvalue weighted by atomic mass is 32.1. The average molecular weight is 981 g/mol. The fourth-order valence-corrected chi connectivity index (χ4v) is 11.5. The third kappa shape index (κ3) is 10.5. The normalized spacial score (nSPS) is 12.8. The van der Waals surface area contributed by atoms with E-state index in [1.54, 1.807) is 45.0 Å². The van der Waals surface area contributed by atoms with Crippen molar-refractivity contribution >= 4 is 110 Å². The van der Waals surface area contributed by atoms with E-state index in [4.69, 9.17) is 15.3 Å². The van der Waals surface area contributed by atoms with Crippen molar-refractivity contribution in [3.05, 3.63) is 137 Å². The third-order valence-electron chi connectivity index (χ3n) is 10.1. The van der Waals surface area contributed by atoms with Crippen LogP contribution in [0.2, 0.25) is 0 Å². The first kappa shape index (κ1) is 48.5. The lowest BCUT2D eigenvalue weighted by molar-refractivity contribution is -0.137. The highest BCUT2D eigenvalue weighted by Crippen LogP contribution is 2.46. The first-order valence-electron chi connectivity index (χ1n) is 18.9. The summed E-state index contributed by atoms with van der Waals surface area (Å²) in [5.41, 5.74) is 0.988. The van der Waals surface area contributed by atoms with Crippen molar-refractivity contribution in [2.75, 3.05) is 0 Å². The zero-order chi connectivity index (χ0) is 47.9. The first-order valence-corrected chi connectivity index (χ1v) is 22.2. The molecule has 8 nitrogen and oxygen atoms in total. The Morgan fingerprint density at radius 2 is 0.908 bits per heavy atom. The minimum absolute atomic E-state index is 0.0418. The number of thiophene rings is 4. The zero-order valence-corrected chi connectivity index (χ0v) is 37.0. The Kier molecular flexibility index (Phi) is 14.1. The lowest BCUT2D eigenvalue weighted by Gasteiger charge is -2.25. The van der Waals surface area contributed by atoms with Gasteiger partial charge < -0.3 is 20.4 Å². The highest BCUT2D eigenvalue weighted by molar-refractivity contribution is 7.22. The SMILES string of the molecule is Cc1c(C(=O)O)sc2cc(F)ccc12.Cc1ccc2c(C(F)(F)F)c(C(=O)O)sc2c1.Cc1ccc2sc(C(=O)O)c(C(F)(F)F)c2c1.O=C(O)c1sc2cc(F)ccc2c1C1CCC1. The van der Waals surface area contributed by atoms with Gasteiger partial charge >= 0.3 is 36.2 Å². The molecular formula is C45H32F8O8S4. The van der Waals surface area contributed by atoms with Crippen molar-refractivity contribution in [1.82, 2.24) is 0 Å². The molecule has 8 aromatic rings. The molecule has 1 fully saturated rings. The van der Waals surface area contributed by atoms with Crippen LogP contribution in [0.15, 0.2) is 72.8 Å². The summed E-state index contributed by atoms with van der Waals surface area (Å²) in [6, 6.07) is 17.8. The van der Waals surface area contributed by atoms with Crippen molar-refractivity contribution in [3.63, 3.8) is 0 Å². The van der Waals surface area contributed by atoms with Crippen LogP contribution in [0.4, 0.5) is 35.1 Å². The molecule has 4 N–H and O–H groups in total. The summed E-state index contributed by atoms with van der Waals surface area (Å²) in [5, 5.41) is 37.3. The molecule has 0 spiro atoms. The highest BCUT2D eigenvalue weighted by Gasteiger charge is 2.40. The third-order valence-corrected chi connectivity index (χ3v) is 14.8. The van der Waals surface area contributed by atoms with Gasteiger partial charge in [-0.05, 0) is 109 Å². The topological polar surface area (TPSA) is 149 Å². The standard InChI is InChI=1S/C13H11FO2S.2C11H7F3O2S.C10H7FO2S/c14-8-4-5-9-10(6-8)17-12(13(15)16)11(9)7-2-1-3-7;1-5-2-3-7-6(4-5)8(11(12,13)14)9(17-7)10(15)16;1-5-2-3-6-7(4-5)17-9(10(15)16)8(6)11(12,13)14;1-5-7-3-2-6(11)4-8(7)14-9(5)10(12)13/h4-7H,1-3H2,(H,15,16);2*2-4H,1H3,(H,15,16);2-4H,1H3,(H,12,13). The number of aromatic carboxylic acids is 4. The van der Waals surface area contributed by atoms with Crippen molar-refractivity contribution in [1.29, 1.82) is 0 Å². The van der Waals surface area contributed by atoms with Gasteiger partial charge in [0.2, 0.25) is 0 Å². The summed E-state index contributed by atoms with van der Waals surface area (Å²) >= 11 is 3.59. The maximum Gasteiger partial charge on any atom is 0.418 e. The molecular weight excluding hydrogens is 949 g/mol. The number of aryl methyl sites for hydroxylation is 3. The van der Waals surface area contributed by atoms with Gasteiger partial charge in [-0.2, -0.15) is 26.3 Å². The van der Waals surface area contributed by atoms with E-state index in [1.165, 1.54) is 59.9 Å². The van der Waals surface area contributed by atoms with Crippen LogP contribution in [-0.4, -0.2) is 44.3 Å². The minimum atomic E-state index is -4.65. The molecule has 0 unspecified atom stereocenters. The summed E-state index contributed by atoms with van der Waals surface area (Å²) in [6.45, 7) is 5.14. The van der Waals surface area contributed by atoms with Crippen LogP contribution < -0.4 is 0 Å². The van der Waals surface area contributed by atoms with E-state index < -0.39 is 57.1 Å². The molecule has 0 amide bonds. The van der Waals surface area contributed by atoms with Crippen LogP contribution in [0.5, 0.6) is 0 Å². The zero-order valence-electron chi connectivity index (χ0n) is 33.7. The number of alkyl halides is 6. The number of hydrogen-bond acceptors (Lipinski definition) is 8. The maximum absolute atomic E-state index is 13.1. The first-order chi connectivity index (χ1) is 30.4. The molecule has 0 radical (unpaired) electrons. The van der Waals surface area contributed by atoms with Crippen molar-refractivity contribution in [3.8, 4) is 0 Å². The Morgan fingerprint density at radius 3 is 1.42 bits per heavy atom. The Labute approximate surface area is 378 Å². The molecule has 0 saturated heterocycles. The van der Waals surface area contributed by atoms with E-state index in [-0.39, 0.29) is 27.3 Å². The summed E-state index contributed by atoms with van der Waals surface area (Å²) in [6.07, 6.45) is -6.06. The van der Waals surface area contributed by atoms with Crippen molar-refractivity contribution < 1.29 is 74.7 Å². The summed E-state index contributed by atoms with van der Waals surface area (Å²) in [4.78, 5) is 43.1. The second-order valence-electron chi connectivity index (χ2n) is 14.6. The number of carboxylic acid groups (broad SMARTS) is 4. The number of rotatable bonds is 5. The van der Waals surface area contributed by atoms with Crippen LogP contribution in [0.3, 0.4) is 0 Å². The molecule has 1 aliphatic carbocycles. The van der Waals surface area contributed by atoms with Gasteiger partial charge in [0.25, 0.3) is 0 Å². The molecule has 4 aromatic carbocycles. The quantitative estimate of drug-likeness (QED) is 0.125. The van der Waals surface area contributed by atoms with Gasteiger partial charge in [-0.1, -0.05) is 42.3 Å². The van der Waals surface area contributed by atoms with Crippen LogP contribution in [0, 0.1) is 32.4 Å². The Hall–Kier alpha value is -5.96. The van der Waals surface area contributed by atoms with E-state index in [2.05, 4.69) is 0 Å². The lowest BCUT2D eigenvalue weighted by atomic mass is 9.79. The molecule has 4 aromatic heterocycles. The molecule has 0 atom stereocenters. The van der Waals surface area contributed by atoms with E-state index in [0.29, 0.717) is 58.7 Å². The summed E-state index contributed by atoms with van der Waals surface area (Å²) < 4.78 is 105. The second kappa shape index (κ2) is 18.9. The fraction of sp³-hybridized carbons (Fsp3) is 0.200. The van der Waals surface area contributed by atoms with Crippen LogP contribution in [-0.2, 0) is 12.4 Å². The van der Waals surface area contributed by atoms with E-state index >= 15 is 0 Å². The monoisotopic (exact) mass is 980 g/mol. The molecule has 65 heavy (non-hydrogen) atoms. The van der Waals surface area contributed by atoms with Gasteiger partial charge in [-0.3, -0.25) is 0 Å². The van der Waals surface area contributed by atoms with Gasteiger partial charge in [0.05, 0.1) is 11.1 Å². The predicted molar refractivity (Wildman–Crippen MR) is 236 cm³/mol. The molecule has 340 valence electrons. The summed E-state index contributed by atoms with van der Waals surface area (Å²) in [5.74, 6) is -5.24. The Bertz CT molecular complexity index is 3140. The number of carboxylic acids is 4. The lowest BCUT2D eigenvalue weighted by Crippen LogP contribution is -2.11. The number of carbonyl (C=O) groups is 4. The number of fused-ring (bicyclic) bond motifs is 4. The Morgan fingerprint density at radius 1 is 0.492 bits per heavy atom. The van der Waals surface area contributed by atoms with Crippen LogP contribution in [0.1, 0.15) is 97.2 Å². The number of hydrogen-bond donors (Lipinski definition) is 4. The molecule has 9 rings (SSSR count). The number of halogens is 8. The summed E-state index contributed by atoms with van der Waals surface area (Å²) in [7, 11) is 0. The number of benzene rings is 4. The van der Waals surface area contributed by atoms with Gasteiger partial charge in [0, 0.05) is 29.6 Å². The van der Waals surface area contributed by atoms with Crippen LogP contribution in [0.25, 0.3) is 40.3 Å². The molecule has 4 heterocycles. The fourth-order valence-electron chi connectivity index (χ4n) is 7.03. The van der Waals surface area contributed by atoms with Gasteiger partial charge in [0.1, 0.15) is 31.1 Å². The largest absolute Gasteiger partial charge is 0.477 e. The van der Waals surface area contributed by atoms with E-state index in [0.717, 1.165) is 57.2 Å². The van der Waals surface area contributed by atoms with Crippen LogP contribution >= 0.6 is 45.3 Å². The minimum Gasteiger partial charge on any atom is -0.477 e. The Balaban J connectivity index is 0.000000144. The second-order valence-corrected chi connectivity index (χ2v) is 18.8. The van der Waals surface area contributed by atoms with Gasteiger partial charge in [-0.15, -0.1) is 45.3 Å². The maximum atomic E-state index is 13.1. The molecule has 0 bridgehead atoms. The molecule has 20 heteroatoms. The molecule has 1 aliphatic rings.